The molecule has 6 nitrogen and oxygen atoms in total. The Labute approximate surface area is 131 Å². The summed E-state index contributed by atoms with van der Waals surface area (Å²) in [5.74, 6) is -0.591. The van der Waals surface area contributed by atoms with Crippen LogP contribution in [0, 0.1) is 11.3 Å². The lowest BCUT2D eigenvalue weighted by Crippen LogP contribution is -2.52. The molecule has 7 heteroatoms. The Bertz CT molecular complexity index is 710. The Balaban J connectivity index is 1.86. The van der Waals surface area contributed by atoms with Gasteiger partial charge >= 0.3 is 0 Å². The minimum absolute atomic E-state index is 0.191. The summed E-state index contributed by atoms with van der Waals surface area (Å²) in [5.41, 5.74) is 1.44. The van der Waals surface area contributed by atoms with Gasteiger partial charge in [0, 0.05) is 23.4 Å². The average Bonchev–Trinajstić information content (AvgIpc) is 2.83. The molecule has 0 radical (unpaired) electrons. The van der Waals surface area contributed by atoms with Gasteiger partial charge < -0.3 is 4.90 Å². The number of carbonyl (C=O) groups is 3. The van der Waals surface area contributed by atoms with Crippen molar-refractivity contribution in [2.75, 3.05) is 5.75 Å². The summed E-state index contributed by atoms with van der Waals surface area (Å²) in [6.45, 7) is 0.342. The molecule has 0 saturated carbocycles. The molecule has 2 heterocycles. The van der Waals surface area contributed by atoms with E-state index >= 15 is 0 Å². The number of hydrogen-bond donors (Lipinski definition) is 1. The molecule has 2 aliphatic heterocycles. The second kappa shape index (κ2) is 5.81. The number of piperidine rings is 1. The van der Waals surface area contributed by atoms with E-state index in [9.17, 15) is 14.4 Å². The number of benzene rings is 1. The lowest BCUT2D eigenvalue weighted by atomic mass is 10.0. The molecular weight excluding hydrogens is 302 g/mol. The number of nitrogens with zero attached hydrogens (tertiary/aromatic N) is 2. The number of fused-ring (bicyclic) bond motifs is 1. The molecule has 1 aromatic rings. The highest BCUT2D eigenvalue weighted by atomic mass is 32.2. The number of thioether (sulfide) groups is 1. The molecule has 0 bridgehead atoms. The summed E-state index contributed by atoms with van der Waals surface area (Å²) in [6.07, 6.45) is 0.595. The van der Waals surface area contributed by atoms with E-state index in [4.69, 9.17) is 5.26 Å². The number of hydrogen-bond acceptors (Lipinski definition) is 5. The number of nitriles is 1. The first-order valence-electron chi connectivity index (χ1n) is 6.88. The number of nitrogens with one attached hydrogen (secondary N) is 1. The van der Waals surface area contributed by atoms with Gasteiger partial charge in [0.25, 0.3) is 5.91 Å². The van der Waals surface area contributed by atoms with E-state index in [1.807, 2.05) is 6.07 Å². The quantitative estimate of drug-likeness (QED) is 0.665. The van der Waals surface area contributed by atoms with E-state index in [-0.39, 0.29) is 18.2 Å². The molecule has 112 valence electrons. The SMILES string of the molecule is N#CCSc1cccc2c1CN(C1CCC(=O)NC1=O)C2=O. The first-order valence-corrected chi connectivity index (χ1v) is 7.86. The third-order valence-electron chi connectivity index (χ3n) is 3.83. The molecule has 0 aliphatic carbocycles. The lowest BCUT2D eigenvalue weighted by Gasteiger charge is -2.29. The van der Waals surface area contributed by atoms with Crippen molar-refractivity contribution in [3.05, 3.63) is 29.3 Å². The standard InChI is InChI=1S/C15H13N3O3S/c16-6-7-22-12-3-1-2-9-10(12)8-18(15(9)21)11-4-5-13(19)17-14(11)20/h1-3,11H,4-5,7-8H2,(H,17,19,20). The summed E-state index contributed by atoms with van der Waals surface area (Å²) in [7, 11) is 0. The summed E-state index contributed by atoms with van der Waals surface area (Å²) >= 11 is 1.38. The van der Waals surface area contributed by atoms with E-state index in [0.29, 0.717) is 24.3 Å². The molecule has 1 fully saturated rings. The van der Waals surface area contributed by atoms with Crippen molar-refractivity contribution in [1.82, 2.24) is 10.2 Å². The second-order valence-electron chi connectivity index (χ2n) is 5.13. The van der Waals surface area contributed by atoms with Crippen molar-refractivity contribution in [3.8, 4) is 6.07 Å². The first kappa shape index (κ1) is 14.6. The van der Waals surface area contributed by atoms with Gasteiger partial charge in [-0.1, -0.05) is 6.07 Å². The Kier molecular flexibility index (Phi) is 3.86. The zero-order valence-corrected chi connectivity index (χ0v) is 12.5. The fourth-order valence-corrected chi connectivity index (χ4v) is 3.55. The third-order valence-corrected chi connectivity index (χ3v) is 4.80. The molecule has 1 saturated heterocycles. The van der Waals surface area contributed by atoms with Crippen molar-refractivity contribution < 1.29 is 14.4 Å². The van der Waals surface area contributed by atoms with Crippen LogP contribution in [0.5, 0.6) is 0 Å². The fraction of sp³-hybridized carbons (Fsp3) is 0.333. The van der Waals surface area contributed by atoms with Gasteiger partial charge in [-0.2, -0.15) is 5.26 Å². The van der Waals surface area contributed by atoms with Crippen LogP contribution in [0.15, 0.2) is 23.1 Å². The molecule has 3 amide bonds. The predicted molar refractivity (Wildman–Crippen MR) is 78.8 cm³/mol. The number of rotatable bonds is 3. The smallest absolute Gasteiger partial charge is 0.255 e. The van der Waals surface area contributed by atoms with Gasteiger partial charge in [0.15, 0.2) is 0 Å². The van der Waals surface area contributed by atoms with Crippen LogP contribution in [-0.2, 0) is 16.1 Å². The van der Waals surface area contributed by atoms with Gasteiger partial charge in [-0.05, 0) is 24.1 Å². The summed E-state index contributed by atoms with van der Waals surface area (Å²) < 4.78 is 0. The van der Waals surface area contributed by atoms with Gasteiger partial charge in [-0.3, -0.25) is 19.7 Å². The molecule has 1 atom stereocenters. The van der Waals surface area contributed by atoms with Gasteiger partial charge in [-0.15, -0.1) is 11.8 Å². The highest BCUT2D eigenvalue weighted by Crippen LogP contribution is 2.34. The minimum atomic E-state index is -0.605. The summed E-state index contributed by atoms with van der Waals surface area (Å²) in [5, 5.41) is 11.0. The molecule has 1 unspecified atom stereocenters. The van der Waals surface area contributed by atoms with Crippen LogP contribution >= 0.6 is 11.8 Å². The Morgan fingerprint density at radius 1 is 1.36 bits per heavy atom. The molecule has 2 aliphatic rings. The van der Waals surface area contributed by atoms with Crippen molar-refractivity contribution in [1.29, 1.82) is 5.26 Å². The van der Waals surface area contributed by atoms with Crippen molar-refractivity contribution in [2.24, 2.45) is 0 Å². The molecule has 1 N–H and O–H groups in total. The van der Waals surface area contributed by atoms with Crippen molar-refractivity contribution in [3.63, 3.8) is 0 Å². The van der Waals surface area contributed by atoms with Crippen LogP contribution in [-0.4, -0.2) is 34.4 Å². The molecule has 3 rings (SSSR count). The first-order chi connectivity index (χ1) is 10.6. The highest BCUT2D eigenvalue weighted by molar-refractivity contribution is 7.99. The lowest BCUT2D eigenvalue weighted by molar-refractivity contribution is -0.136. The molecule has 1 aromatic carbocycles. The Morgan fingerprint density at radius 3 is 2.91 bits per heavy atom. The maximum absolute atomic E-state index is 12.5. The predicted octanol–water partition coefficient (Wildman–Crippen LogP) is 1.06. The Morgan fingerprint density at radius 2 is 2.18 bits per heavy atom. The van der Waals surface area contributed by atoms with Crippen LogP contribution in [0.2, 0.25) is 0 Å². The molecule has 0 spiro atoms. The van der Waals surface area contributed by atoms with Crippen LogP contribution < -0.4 is 5.32 Å². The third kappa shape index (κ3) is 2.46. The second-order valence-corrected chi connectivity index (χ2v) is 6.15. The van der Waals surface area contributed by atoms with Crippen LogP contribution in [0.25, 0.3) is 0 Å². The van der Waals surface area contributed by atoms with Crippen LogP contribution in [0.4, 0.5) is 0 Å². The highest BCUT2D eigenvalue weighted by Gasteiger charge is 2.39. The van der Waals surface area contributed by atoms with Gasteiger partial charge in [0.05, 0.1) is 11.8 Å². The van der Waals surface area contributed by atoms with E-state index in [2.05, 4.69) is 11.4 Å². The van der Waals surface area contributed by atoms with Gasteiger partial charge in [0.2, 0.25) is 11.8 Å². The van der Waals surface area contributed by atoms with Crippen molar-refractivity contribution >= 4 is 29.5 Å². The van der Waals surface area contributed by atoms with Crippen molar-refractivity contribution in [2.45, 2.75) is 30.3 Å². The number of carbonyl (C=O) groups excluding carboxylic acids is 3. The molecule has 22 heavy (non-hydrogen) atoms. The number of imide groups is 1. The summed E-state index contributed by atoms with van der Waals surface area (Å²) in [6, 6.07) is 6.86. The largest absolute Gasteiger partial charge is 0.322 e. The van der Waals surface area contributed by atoms with E-state index in [1.54, 1.807) is 12.1 Å². The normalized spacial score (nSPS) is 20.6. The van der Waals surface area contributed by atoms with Gasteiger partial charge in [0.1, 0.15) is 6.04 Å². The molecular formula is C15H13N3O3S. The van der Waals surface area contributed by atoms with E-state index in [1.165, 1.54) is 16.7 Å². The zero-order chi connectivity index (χ0) is 15.7. The Hall–Kier alpha value is -2.33. The topological polar surface area (TPSA) is 90.3 Å². The maximum atomic E-state index is 12.5. The van der Waals surface area contributed by atoms with E-state index in [0.717, 1.165) is 10.5 Å². The zero-order valence-electron chi connectivity index (χ0n) is 11.7. The summed E-state index contributed by atoms with van der Waals surface area (Å²) in [4.78, 5) is 38.2. The van der Waals surface area contributed by atoms with E-state index < -0.39 is 11.9 Å². The minimum Gasteiger partial charge on any atom is -0.322 e. The van der Waals surface area contributed by atoms with Crippen LogP contribution in [0.1, 0.15) is 28.8 Å². The fourth-order valence-electron chi connectivity index (χ4n) is 2.80. The average molecular weight is 315 g/mol. The van der Waals surface area contributed by atoms with Crippen LogP contribution in [0.3, 0.4) is 0 Å². The maximum Gasteiger partial charge on any atom is 0.255 e. The molecule has 0 aromatic heterocycles. The van der Waals surface area contributed by atoms with Gasteiger partial charge in [-0.25, -0.2) is 0 Å². The number of amides is 3. The monoisotopic (exact) mass is 315 g/mol.